The molecule has 1 amide bonds. The summed E-state index contributed by atoms with van der Waals surface area (Å²) >= 11 is 1.24. The second-order valence-electron chi connectivity index (χ2n) is 4.47. The van der Waals surface area contributed by atoms with E-state index in [1.807, 2.05) is 38.1 Å². The predicted molar refractivity (Wildman–Crippen MR) is 73.7 cm³/mol. The Morgan fingerprint density at radius 1 is 1.47 bits per heavy atom. The Morgan fingerprint density at radius 2 is 2.26 bits per heavy atom. The van der Waals surface area contributed by atoms with Gasteiger partial charge in [-0.05, 0) is 18.1 Å². The first-order chi connectivity index (χ1) is 9.15. The number of oxazole rings is 1. The van der Waals surface area contributed by atoms with Gasteiger partial charge in [0.2, 0.25) is 0 Å². The molecule has 0 aliphatic rings. The number of para-hydroxylation sites is 2. The lowest BCUT2D eigenvalue weighted by Crippen LogP contribution is -2.27. The van der Waals surface area contributed by atoms with Gasteiger partial charge in [0, 0.05) is 0 Å². The number of nitrogens with one attached hydrogen (secondary N) is 1. The largest absolute Gasteiger partial charge is 0.431 e. The van der Waals surface area contributed by atoms with Gasteiger partial charge < -0.3 is 4.42 Å². The van der Waals surface area contributed by atoms with Crippen LogP contribution >= 0.6 is 11.8 Å². The van der Waals surface area contributed by atoms with Gasteiger partial charge in [0.15, 0.2) is 5.58 Å². The molecule has 0 unspecified atom stereocenters. The summed E-state index contributed by atoms with van der Waals surface area (Å²) in [5, 5.41) is 0.486. The van der Waals surface area contributed by atoms with Crippen LogP contribution in [0.4, 0.5) is 0 Å². The number of nitrogens with zero attached hydrogens (tertiary/aromatic N) is 1. The molecule has 102 valence electrons. The Labute approximate surface area is 115 Å². The lowest BCUT2D eigenvalue weighted by molar-refractivity contribution is -0.131. The molecule has 1 aromatic heterocycles. The van der Waals surface area contributed by atoms with Gasteiger partial charge in [-0.1, -0.05) is 37.7 Å². The molecule has 6 heteroatoms. The highest BCUT2D eigenvalue weighted by atomic mass is 32.2. The Morgan fingerprint density at radius 3 is 3.00 bits per heavy atom. The van der Waals surface area contributed by atoms with E-state index in [4.69, 9.17) is 9.25 Å². The van der Waals surface area contributed by atoms with Gasteiger partial charge in [-0.2, -0.15) is 0 Å². The first-order valence-electron chi connectivity index (χ1n) is 6.04. The van der Waals surface area contributed by atoms with E-state index < -0.39 is 0 Å². The number of aromatic nitrogens is 1. The summed E-state index contributed by atoms with van der Waals surface area (Å²) in [7, 11) is 0. The van der Waals surface area contributed by atoms with Crippen LogP contribution < -0.4 is 5.48 Å². The molecule has 0 fully saturated rings. The summed E-state index contributed by atoms with van der Waals surface area (Å²) in [5.74, 6) is 0.392. The smallest absolute Gasteiger partial charge is 0.257 e. The molecule has 2 rings (SSSR count). The van der Waals surface area contributed by atoms with Crippen molar-refractivity contribution in [2.24, 2.45) is 5.92 Å². The van der Waals surface area contributed by atoms with Crippen LogP contribution in [-0.2, 0) is 9.63 Å². The molecule has 2 aromatic rings. The van der Waals surface area contributed by atoms with E-state index in [9.17, 15) is 4.79 Å². The average Bonchev–Trinajstić information content (AvgIpc) is 2.78. The topological polar surface area (TPSA) is 64.4 Å². The Hall–Kier alpha value is -1.53. The highest BCUT2D eigenvalue weighted by molar-refractivity contribution is 7.99. The van der Waals surface area contributed by atoms with Crippen LogP contribution in [0.2, 0.25) is 0 Å². The molecule has 1 aromatic carbocycles. The highest BCUT2D eigenvalue weighted by Crippen LogP contribution is 2.22. The van der Waals surface area contributed by atoms with Crippen molar-refractivity contribution in [3.05, 3.63) is 24.3 Å². The normalized spacial score (nSPS) is 11.1. The van der Waals surface area contributed by atoms with Crippen LogP contribution in [0.25, 0.3) is 11.1 Å². The fourth-order valence-corrected chi connectivity index (χ4v) is 1.98. The third-order valence-corrected chi connectivity index (χ3v) is 3.03. The first-order valence-corrected chi connectivity index (χ1v) is 7.02. The molecular weight excluding hydrogens is 264 g/mol. The molecule has 1 N–H and O–H groups in total. The van der Waals surface area contributed by atoms with Crippen LogP contribution in [0.1, 0.15) is 13.8 Å². The van der Waals surface area contributed by atoms with Gasteiger partial charge in [0.1, 0.15) is 5.52 Å². The maximum atomic E-state index is 11.5. The Bertz CT molecular complexity index is 521. The minimum Gasteiger partial charge on any atom is -0.431 e. The number of benzene rings is 1. The average molecular weight is 280 g/mol. The number of fused-ring (bicyclic) bond motifs is 1. The predicted octanol–water partition coefficient (Wildman–Crippen LogP) is 2.62. The molecule has 0 radical (unpaired) electrons. The molecule has 5 nitrogen and oxygen atoms in total. The SMILES string of the molecule is CC(C)CONC(=O)CSc1nc2ccccc2o1. The number of carbonyl (C=O) groups excluding carboxylic acids is 1. The highest BCUT2D eigenvalue weighted by Gasteiger charge is 2.09. The van der Waals surface area contributed by atoms with E-state index in [0.29, 0.717) is 17.7 Å². The summed E-state index contributed by atoms with van der Waals surface area (Å²) in [5.41, 5.74) is 3.91. The minimum absolute atomic E-state index is 0.201. The van der Waals surface area contributed by atoms with Crippen molar-refractivity contribution in [3.8, 4) is 0 Å². The number of carbonyl (C=O) groups is 1. The fraction of sp³-hybridized carbons (Fsp3) is 0.385. The van der Waals surface area contributed by atoms with Crippen LogP contribution in [-0.4, -0.2) is 23.3 Å². The van der Waals surface area contributed by atoms with Crippen molar-refractivity contribution >= 4 is 28.8 Å². The van der Waals surface area contributed by atoms with Crippen LogP contribution in [0.5, 0.6) is 0 Å². The lowest BCUT2D eigenvalue weighted by atomic mass is 10.2. The lowest BCUT2D eigenvalue weighted by Gasteiger charge is -2.06. The molecule has 0 bridgehead atoms. The minimum atomic E-state index is -0.201. The molecule has 1 heterocycles. The molecule has 0 saturated carbocycles. The van der Waals surface area contributed by atoms with Gasteiger partial charge in [-0.15, -0.1) is 0 Å². The Balaban J connectivity index is 1.80. The molecule has 0 atom stereocenters. The summed E-state index contributed by atoms with van der Waals surface area (Å²) in [6.07, 6.45) is 0. The number of hydrogen-bond acceptors (Lipinski definition) is 5. The second kappa shape index (κ2) is 6.58. The van der Waals surface area contributed by atoms with E-state index in [0.717, 1.165) is 11.1 Å². The molecule has 0 saturated heterocycles. The number of hydroxylamine groups is 1. The van der Waals surface area contributed by atoms with Crippen LogP contribution in [0.15, 0.2) is 33.9 Å². The number of hydrogen-bond donors (Lipinski definition) is 1. The Kier molecular flexibility index (Phi) is 4.81. The zero-order valence-corrected chi connectivity index (χ0v) is 11.7. The maximum Gasteiger partial charge on any atom is 0.257 e. The van der Waals surface area contributed by atoms with E-state index >= 15 is 0 Å². The van der Waals surface area contributed by atoms with E-state index in [1.54, 1.807) is 0 Å². The number of amides is 1. The summed E-state index contributed by atoms with van der Waals surface area (Å²) in [6.45, 7) is 4.53. The van der Waals surface area contributed by atoms with Crippen molar-refractivity contribution in [2.45, 2.75) is 19.1 Å². The van der Waals surface area contributed by atoms with Crippen molar-refractivity contribution in [3.63, 3.8) is 0 Å². The van der Waals surface area contributed by atoms with E-state index in [2.05, 4.69) is 10.5 Å². The maximum absolute atomic E-state index is 11.5. The van der Waals surface area contributed by atoms with Crippen molar-refractivity contribution in [1.82, 2.24) is 10.5 Å². The molecule has 19 heavy (non-hydrogen) atoms. The summed E-state index contributed by atoms with van der Waals surface area (Å²) in [4.78, 5) is 20.8. The number of thioether (sulfide) groups is 1. The third kappa shape index (κ3) is 4.25. The molecule has 0 aliphatic heterocycles. The number of rotatable bonds is 6. The molecule has 0 spiro atoms. The van der Waals surface area contributed by atoms with E-state index in [-0.39, 0.29) is 11.7 Å². The van der Waals surface area contributed by atoms with Gasteiger partial charge >= 0.3 is 0 Å². The first kappa shape index (κ1) is 13.9. The van der Waals surface area contributed by atoms with Gasteiger partial charge in [0.25, 0.3) is 11.1 Å². The monoisotopic (exact) mass is 280 g/mol. The second-order valence-corrected chi connectivity index (χ2v) is 5.39. The quantitative estimate of drug-likeness (QED) is 0.651. The van der Waals surface area contributed by atoms with Crippen molar-refractivity contribution in [1.29, 1.82) is 0 Å². The zero-order chi connectivity index (χ0) is 13.7. The van der Waals surface area contributed by atoms with E-state index in [1.165, 1.54) is 11.8 Å². The third-order valence-electron chi connectivity index (χ3n) is 2.20. The summed E-state index contributed by atoms with van der Waals surface area (Å²) in [6, 6.07) is 7.49. The zero-order valence-electron chi connectivity index (χ0n) is 10.9. The van der Waals surface area contributed by atoms with Crippen LogP contribution in [0.3, 0.4) is 0 Å². The fourth-order valence-electron chi connectivity index (χ4n) is 1.36. The van der Waals surface area contributed by atoms with Gasteiger partial charge in [-0.25, -0.2) is 10.5 Å². The van der Waals surface area contributed by atoms with Crippen molar-refractivity contribution < 1.29 is 14.0 Å². The van der Waals surface area contributed by atoms with Gasteiger partial charge in [0.05, 0.1) is 12.4 Å². The molecule has 0 aliphatic carbocycles. The molecular formula is C13H16N2O3S. The van der Waals surface area contributed by atoms with Crippen molar-refractivity contribution in [2.75, 3.05) is 12.4 Å². The van der Waals surface area contributed by atoms with Gasteiger partial charge in [-0.3, -0.25) is 9.63 Å². The van der Waals surface area contributed by atoms with Crippen LogP contribution in [0, 0.1) is 5.92 Å². The standard InChI is InChI=1S/C13H16N2O3S/c1-9(2)7-17-15-12(16)8-19-13-14-10-5-3-4-6-11(10)18-13/h3-6,9H,7-8H2,1-2H3,(H,15,16). The summed E-state index contributed by atoms with van der Waals surface area (Å²) < 4.78 is 5.49.